The Labute approximate surface area is 126 Å². The summed E-state index contributed by atoms with van der Waals surface area (Å²) in [7, 11) is 1.63. The van der Waals surface area contributed by atoms with Gasteiger partial charge in [-0.3, -0.25) is 4.79 Å². The van der Waals surface area contributed by atoms with Crippen LogP contribution in [0.25, 0.3) is 0 Å². The maximum atomic E-state index is 12.3. The van der Waals surface area contributed by atoms with Crippen LogP contribution in [0.5, 0.6) is 5.75 Å². The predicted molar refractivity (Wildman–Crippen MR) is 82.7 cm³/mol. The van der Waals surface area contributed by atoms with E-state index in [9.17, 15) is 4.79 Å². The quantitative estimate of drug-likeness (QED) is 0.875. The number of carbonyl (C=O) groups is 1. The van der Waals surface area contributed by atoms with E-state index in [0.29, 0.717) is 24.8 Å². The minimum Gasteiger partial charge on any atom is -0.496 e. The lowest BCUT2D eigenvalue weighted by molar-refractivity contribution is 0.0927. The van der Waals surface area contributed by atoms with E-state index in [4.69, 9.17) is 9.47 Å². The number of carbonyl (C=O) groups excluding carboxylic acids is 1. The van der Waals surface area contributed by atoms with Gasteiger partial charge in [0.25, 0.3) is 5.91 Å². The van der Waals surface area contributed by atoms with Crippen LogP contribution in [0.3, 0.4) is 0 Å². The molecule has 1 aromatic carbocycles. The first-order valence-corrected chi connectivity index (χ1v) is 7.80. The van der Waals surface area contributed by atoms with Gasteiger partial charge in [-0.1, -0.05) is 19.3 Å². The van der Waals surface area contributed by atoms with Crippen LogP contribution in [0.4, 0.5) is 0 Å². The van der Waals surface area contributed by atoms with E-state index in [0.717, 1.165) is 24.2 Å². The van der Waals surface area contributed by atoms with Crippen molar-refractivity contribution in [2.75, 3.05) is 13.7 Å². The Balaban J connectivity index is 2.05. The summed E-state index contributed by atoms with van der Waals surface area (Å²) in [4.78, 5) is 12.3. The van der Waals surface area contributed by atoms with Gasteiger partial charge in [0, 0.05) is 23.8 Å². The zero-order valence-corrected chi connectivity index (χ0v) is 13.0. The molecule has 4 heteroatoms. The number of ether oxygens (including phenoxy) is 2. The third-order valence-corrected chi connectivity index (χ3v) is 3.94. The lowest BCUT2D eigenvalue weighted by atomic mass is 9.95. The Morgan fingerprint density at radius 1 is 1.29 bits per heavy atom. The van der Waals surface area contributed by atoms with Crippen LogP contribution < -0.4 is 10.1 Å². The van der Waals surface area contributed by atoms with Gasteiger partial charge < -0.3 is 14.8 Å². The number of nitrogens with one attached hydrogen (secondary N) is 1. The zero-order valence-electron chi connectivity index (χ0n) is 13.0. The number of benzene rings is 1. The smallest absolute Gasteiger partial charge is 0.251 e. The van der Waals surface area contributed by atoms with Gasteiger partial charge in [-0.15, -0.1) is 0 Å². The minimum absolute atomic E-state index is 0.00213. The van der Waals surface area contributed by atoms with Crippen LogP contribution in [0.2, 0.25) is 0 Å². The predicted octanol–water partition coefficient (Wildman–Crippen LogP) is 3.29. The molecule has 1 amide bonds. The molecule has 0 heterocycles. The van der Waals surface area contributed by atoms with Gasteiger partial charge in [0.05, 0.1) is 13.7 Å². The molecular weight excluding hydrogens is 266 g/mol. The highest BCUT2D eigenvalue weighted by atomic mass is 16.5. The number of amides is 1. The normalized spacial score (nSPS) is 15.7. The van der Waals surface area contributed by atoms with Crippen molar-refractivity contribution in [1.82, 2.24) is 5.32 Å². The third kappa shape index (κ3) is 4.46. The molecule has 1 saturated carbocycles. The van der Waals surface area contributed by atoms with Crippen LogP contribution in [-0.4, -0.2) is 25.7 Å². The second-order valence-electron chi connectivity index (χ2n) is 5.47. The fraction of sp³-hybridized carbons (Fsp3) is 0.588. The van der Waals surface area contributed by atoms with E-state index in [1.165, 1.54) is 19.3 Å². The van der Waals surface area contributed by atoms with Gasteiger partial charge >= 0.3 is 0 Å². The highest BCUT2D eigenvalue weighted by Gasteiger charge is 2.17. The van der Waals surface area contributed by atoms with Gasteiger partial charge in [0.15, 0.2) is 0 Å². The monoisotopic (exact) mass is 291 g/mol. The Morgan fingerprint density at radius 3 is 2.71 bits per heavy atom. The average Bonchev–Trinajstić information content (AvgIpc) is 2.53. The van der Waals surface area contributed by atoms with Crippen molar-refractivity contribution in [1.29, 1.82) is 0 Å². The summed E-state index contributed by atoms with van der Waals surface area (Å²) in [6, 6.07) is 5.84. The molecule has 0 aliphatic heterocycles. The molecule has 1 aromatic rings. The van der Waals surface area contributed by atoms with Gasteiger partial charge in [0.1, 0.15) is 5.75 Å². The third-order valence-electron chi connectivity index (χ3n) is 3.94. The van der Waals surface area contributed by atoms with Crippen molar-refractivity contribution >= 4 is 5.91 Å². The Hall–Kier alpha value is -1.55. The van der Waals surface area contributed by atoms with E-state index >= 15 is 0 Å². The van der Waals surface area contributed by atoms with Gasteiger partial charge in [0.2, 0.25) is 0 Å². The topological polar surface area (TPSA) is 47.6 Å². The summed E-state index contributed by atoms with van der Waals surface area (Å²) < 4.78 is 10.8. The number of rotatable bonds is 6. The fourth-order valence-electron chi connectivity index (χ4n) is 2.76. The first-order chi connectivity index (χ1) is 10.2. The van der Waals surface area contributed by atoms with Crippen molar-refractivity contribution in [2.45, 2.75) is 51.7 Å². The second kappa shape index (κ2) is 8.03. The molecule has 21 heavy (non-hydrogen) atoms. The molecule has 1 aliphatic rings. The van der Waals surface area contributed by atoms with Crippen molar-refractivity contribution < 1.29 is 14.3 Å². The zero-order chi connectivity index (χ0) is 15.1. The molecule has 0 unspecified atom stereocenters. The molecule has 116 valence electrons. The van der Waals surface area contributed by atoms with Crippen molar-refractivity contribution in [3.8, 4) is 5.75 Å². The first-order valence-electron chi connectivity index (χ1n) is 7.80. The summed E-state index contributed by atoms with van der Waals surface area (Å²) >= 11 is 0. The second-order valence-corrected chi connectivity index (χ2v) is 5.47. The SMILES string of the molecule is CCOCc1cc(C(=O)NC2CCCCC2)ccc1OC. The first kappa shape index (κ1) is 15.8. The number of hydrogen-bond donors (Lipinski definition) is 1. The van der Waals surface area contributed by atoms with Crippen LogP contribution >= 0.6 is 0 Å². The molecule has 0 bridgehead atoms. The molecule has 1 fully saturated rings. The number of methoxy groups -OCH3 is 1. The lowest BCUT2D eigenvalue weighted by Gasteiger charge is -2.23. The van der Waals surface area contributed by atoms with E-state index in [1.807, 2.05) is 25.1 Å². The highest BCUT2D eigenvalue weighted by Crippen LogP contribution is 2.22. The van der Waals surface area contributed by atoms with Gasteiger partial charge in [-0.25, -0.2) is 0 Å². The van der Waals surface area contributed by atoms with E-state index in [1.54, 1.807) is 7.11 Å². The fourth-order valence-corrected chi connectivity index (χ4v) is 2.76. The summed E-state index contributed by atoms with van der Waals surface area (Å²) in [5.41, 5.74) is 1.59. The van der Waals surface area contributed by atoms with Crippen LogP contribution in [-0.2, 0) is 11.3 Å². The van der Waals surface area contributed by atoms with Crippen LogP contribution in [0, 0.1) is 0 Å². The Morgan fingerprint density at radius 2 is 2.05 bits per heavy atom. The molecule has 0 saturated heterocycles. The van der Waals surface area contributed by atoms with Gasteiger partial charge in [-0.2, -0.15) is 0 Å². The van der Waals surface area contributed by atoms with E-state index < -0.39 is 0 Å². The molecule has 4 nitrogen and oxygen atoms in total. The van der Waals surface area contributed by atoms with E-state index in [2.05, 4.69) is 5.32 Å². The highest BCUT2D eigenvalue weighted by molar-refractivity contribution is 5.94. The van der Waals surface area contributed by atoms with E-state index in [-0.39, 0.29) is 5.91 Å². The average molecular weight is 291 g/mol. The molecule has 1 N–H and O–H groups in total. The van der Waals surface area contributed by atoms with Crippen LogP contribution in [0.1, 0.15) is 54.9 Å². The lowest BCUT2D eigenvalue weighted by Crippen LogP contribution is -2.36. The largest absolute Gasteiger partial charge is 0.496 e. The van der Waals surface area contributed by atoms with Crippen molar-refractivity contribution in [3.63, 3.8) is 0 Å². The Kier molecular flexibility index (Phi) is 6.05. The summed E-state index contributed by atoms with van der Waals surface area (Å²) in [6.07, 6.45) is 5.89. The van der Waals surface area contributed by atoms with Crippen molar-refractivity contribution in [2.24, 2.45) is 0 Å². The molecule has 0 aromatic heterocycles. The molecule has 2 rings (SSSR count). The maximum Gasteiger partial charge on any atom is 0.251 e. The molecular formula is C17H25NO3. The molecule has 0 atom stereocenters. The minimum atomic E-state index is 0.00213. The van der Waals surface area contributed by atoms with Crippen molar-refractivity contribution in [3.05, 3.63) is 29.3 Å². The standard InChI is InChI=1S/C17H25NO3/c1-3-21-12-14-11-13(9-10-16(14)20-2)17(19)18-15-7-5-4-6-8-15/h9-11,15H,3-8,12H2,1-2H3,(H,18,19). The van der Waals surface area contributed by atoms with Crippen LogP contribution in [0.15, 0.2) is 18.2 Å². The number of hydrogen-bond acceptors (Lipinski definition) is 3. The summed E-state index contributed by atoms with van der Waals surface area (Å²) in [6.45, 7) is 3.05. The maximum absolute atomic E-state index is 12.3. The molecule has 1 aliphatic carbocycles. The summed E-state index contributed by atoms with van der Waals surface area (Å²) in [5.74, 6) is 0.764. The summed E-state index contributed by atoms with van der Waals surface area (Å²) in [5, 5.41) is 3.14. The molecule has 0 spiro atoms. The van der Waals surface area contributed by atoms with Gasteiger partial charge in [-0.05, 0) is 38.0 Å². The molecule has 0 radical (unpaired) electrons. The Bertz CT molecular complexity index is 467.